The third-order valence-electron chi connectivity index (χ3n) is 3.91. The third-order valence-corrected chi connectivity index (χ3v) is 6.76. The third kappa shape index (κ3) is 11.3. The molecule has 0 aliphatic rings. The van der Waals surface area contributed by atoms with Crippen molar-refractivity contribution >= 4 is 8.56 Å². The van der Waals surface area contributed by atoms with E-state index >= 15 is 0 Å². The molecule has 0 spiro atoms. The molecule has 0 aromatic heterocycles. The zero-order valence-electron chi connectivity index (χ0n) is 15.3. The molecule has 0 radical (unpaired) electrons. The highest BCUT2D eigenvalue weighted by molar-refractivity contribution is 6.66. The predicted octanol–water partition coefficient (Wildman–Crippen LogP) is 1.56. The van der Waals surface area contributed by atoms with Gasteiger partial charge in [0.15, 0.2) is 0 Å². The van der Waals surface area contributed by atoms with Gasteiger partial charge in [-0.25, -0.2) is 0 Å². The Kier molecular flexibility index (Phi) is 11.6. The van der Waals surface area contributed by atoms with Crippen LogP contribution >= 0.6 is 0 Å². The highest BCUT2D eigenvalue weighted by Crippen LogP contribution is 2.12. The Morgan fingerprint density at radius 2 is 1.14 bits per heavy atom. The highest BCUT2D eigenvalue weighted by atomic mass is 28.4. The first-order valence-electron chi connectivity index (χ1n) is 7.95. The molecule has 0 aromatic carbocycles. The summed E-state index contributed by atoms with van der Waals surface area (Å²) in [6.45, 7) is 7.82. The van der Waals surface area contributed by atoms with Crippen LogP contribution in [0.4, 0.5) is 0 Å². The minimum Gasteiger partial charge on any atom is -0.398 e. The summed E-state index contributed by atoms with van der Waals surface area (Å²) in [5, 5.41) is 0. The molecule has 0 aliphatic carbocycles. The van der Waals surface area contributed by atoms with Crippen LogP contribution in [0, 0.1) is 0 Å². The standard InChI is InChI=1S/C15H37N3O2Si/c1-16(2)10-8-12-18(13-9-11-17(3)4)14-15-21(7,19-5)20-6/h8-15H2,1-7H3. The Labute approximate surface area is 133 Å². The number of hydrogen-bond acceptors (Lipinski definition) is 5. The molecule has 0 aliphatic heterocycles. The second-order valence-corrected chi connectivity index (χ2v) is 10.0. The smallest absolute Gasteiger partial charge is 0.335 e. The van der Waals surface area contributed by atoms with Gasteiger partial charge in [-0.3, -0.25) is 0 Å². The van der Waals surface area contributed by atoms with Crippen LogP contribution in [0.1, 0.15) is 12.8 Å². The Balaban J connectivity index is 4.22. The van der Waals surface area contributed by atoms with Crippen molar-refractivity contribution in [2.24, 2.45) is 0 Å². The van der Waals surface area contributed by atoms with E-state index in [0.29, 0.717) is 0 Å². The van der Waals surface area contributed by atoms with E-state index in [9.17, 15) is 0 Å². The first-order chi connectivity index (χ1) is 9.83. The van der Waals surface area contributed by atoms with Crippen molar-refractivity contribution in [3.05, 3.63) is 0 Å². The summed E-state index contributed by atoms with van der Waals surface area (Å²) in [5.74, 6) is 0. The lowest BCUT2D eigenvalue weighted by molar-refractivity contribution is 0.220. The molecule has 0 aromatic rings. The van der Waals surface area contributed by atoms with Crippen LogP contribution in [0.25, 0.3) is 0 Å². The zero-order chi connectivity index (χ0) is 16.3. The maximum absolute atomic E-state index is 5.60. The van der Waals surface area contributed by atoms with Crippen LogP contribution < -0.4 is 0 Å². The molecule has 0 saturated carbocycles. The van der Waals surface area contributed by atoms with Gasteiger partial charge in [0.2, 0.25) is 0 Å². The average Bonchev–Trinajstić information content (AvgIpc) is 2.43. The zero-order valence-corrected chi connectivity index (χ0v) is 16.3. The van der Waals surface area contributed by atoms with Gasteiger partial charge in [0, 0.05) is 26.8 Å². The molecule has 0 heterocycles. The molecule has 0 amide bonds. The Hall–Kier alpha value is 0.0169. The van der Waals surface area contributed by atoms with E-state index in [0.717, 1.165) is 38.8 Å². The van der Waals surface area contributed by atoms with Gasteiger partial charge in [0.1, 0.15) is 0 Å². The normalized spacial score (nSPS) is 12.9. The van der Waals surface area contributed by atoms with Crippen LogP contribution in [0.2, 0.25) is 12.6 Å². The summed E-state index contributed by atoms with van der Waals surface area (Å²) < 4.78 is 11.2. The summed E-state index contributed by atoms with van der Waals surface area (Å²) in [7, 11) is 10.1. The van der Waals surface area contributed by atoms with Gasteiger partial charge >= 0.3 is 8.56 Å². The monoisotopic (exact) mass is 319 g/mol. The Morgan fingerprint density at radius 3 is 1.48 bits per heavy atom. The van der Waals surface area contributed by atoms with Crippen LogP contribution in [0.15, 0.2) is 0 Å². The predicted molar refractivity (Wildman–Crippen MR) is 93.2 cm³/mol. The van der Waals surface area contributed by atoms with Crippen LogP contribution in [0.5, 0.6) is 0 Å². The minimum absolute atomic E-state index is 1.03. The van der Waals surface area contributed by atoms with Gasteiger partial charge in [-0.1, -0.05) is 0 Å². The van der Waals surface area contributed by atoms with Crippen molar-refractivity contribution in [2.45, 2.75) is 25.4 Å². The van der Waals surface area contributed by atoms with Crippen LogP contribution in [0.3, 0.4) is 0 Å². The van der Waals surface area contributed by atoms with Gasteiger partial charge in [-0.15, -0.1) is 0 Å². The van der Waals surface area contributed by atoms with Gasteiger partial charge in [-0.05, 0) is 73.8 Å². The number of rotatable bonds is 13. The van der Waals surface area contributed by atoms with E-state index in [4.69, 9.17) is 8.85 Å². The van der Waals surface area contributed by atoms with Crippen molar-refractivity contribution in [1.29, 1.82) is 0 Å². The van der Waals surface area contributed by atoms with Crippen molar-refractivity contribution < 1.29 is 8.85 Å². The van der Waals surface area contributed by atoms with Crippen LogP contribution in [-0.4, -0.2) is 98.4 Å². The molecule has 0 bridgehead atoms. The average molecular weight is 320 g/mol. The molecule has 0 saturated heterocycles. The Morgan fingerprint density at radius 1 is 0.714 bits per heavy atom. The van der Waals surface area contributed by atoms with Crippen molar-refractivity contribution in [3.63, 3.8) is 0 Å². The SMILES string of the molecule is CO[Si](C)(CCN(CCCN(C)C)CCCN(C)C)OC. The maximum Gasteiger partial charge on any atom is 0.335 e. The van der Waals surface area contributed by atoms with Crippen LogP contribution in [-0.2, 0) is 8.85 Å². The minimum atomic E-state index is -1.94. The summed E-state index contributed by atoms with van der Waals surface area (Å²) in [5.41, 5.74) is 0. The van der Waals surface area contributed by atoms with Crippen molar-refractivity contribution in [3.8, 4) is 0 Å². The first kappa shape index (κ1) is 21.0. The lowest BCUT2D eigenvalue weighted by Crippen LogP contribution is -2.41. The summed E-state index contributed by atoms with van der Waals surface area (Å²) in [6, 6.07) is 1.03. The van der Waals surface area contributed by atoms with E-state index in [-0.39, 0.29) is 0 Å². The number of hydrogen-bond donors (Lipinski definition) is 0. The van der Waals surface area contributed by atoms with Gasteiger partial charge in [0.05, 0.1) is 0 Å². The van der Waals surface area contributed by atoms with Gasteiger partial charge < -0.3 is 23.6 Å². The molecule has 0 N–H and O–H groups in total. The van der Waals surface area contributed by atoms with E-state index in [1.54, 1.807) is 14.2 Å². The molecule has 0 rings (SSSR count). The van der Waals surface area contributed by atoms with E-state index in [2.05, 4.69) is 49.4 Å². The molecule has 0 atom stereocenters. The molecule has 128 valence electrons. The molecule has 5 nitrogen and oxygen atoms in total. The summed E-state index contributed by atoms with van der Waals surface area (Å²) >= 11 is 0. The molecule has 21 heavy (non-hydrogen) atoms. The molecular formula is C15H37N3O2Si. The van der Waals surface area contributed by atoms with Crippen molar-refractivity contribution in [2.75, 3.05) is 75.1 Å². The van der Waals surface area contributed by atoms with Gasteiger partial charge in [0.25, 0.3) is 0 Å². The number of nitrogens with zero attached hydrogens (tertiary/aromatic N) is 3. The second-order valence-electron chi connectivity index (χ2n) is 6.45. The van der Waals surface area contributed by atoms with Gasteiger partial charge in [-0.2, -0.15) is 0 Å². The quantitative estimate of drug-likeness (QED) is 0.480. The fraction of sp³-hybridized carbons (Fsp3) is 1.00. The molecular weight excluding hydrogens is 282 g/mol. The molecule has 6 heteroatoms. The Bertz CT molecular complexity index is 235. The van der Waals surface area contributed by atoms with E-state index in [1.807, 2.05) is 0 Å². The largest absolute Gasteiger partial charge is 0.398 e. The molecule has 0 fully saturated rings. The lowest BCUT2D eigenvalue weighted by Gasteiger charge is -2.28. The first-order valence-corrected chi connectivity index (χ1v) is 10.5. The topological polar surface area (TPSA) is 28.2 Å². The summed E-state index contributed by atoms with van der Waals surface area (Å²) in [4.78, 5) is 7.07. The fourth-order valence-electron chi connectivity index (χ4n) is 2.21. The van der Waals surface area contributed by atoms with Crippen molar-refractivity contribution in [1.82, 2.24) is 14.7 Å². The van der Waals surface area contributed by atoms with E-state index in [1.165, 1.54) is 12.8 Å². The second kappa shape index (κ2) is 11.6. The molecule has 0 unspecified atom stereocenters. The van der Waals surface area contributed by atoms with E-state index < -0.39 is 8.56 Å². The fourth-order valence-corrected chi connectivity index (χ4v) is 3.50. The lowest BCUT2D eigenvalue weighted by atomic mass is 10.3. The highest BCUT2D eigenvalue weighted by Gasteiger charge is 2.28. The maximum atomic E-state index is 5.60. The summed E-state index contributed by atoms with van der Waals surface area (Å²) in [6.07, 6.45) is 2.43.